The maximum absolute atomic E-state index is 11.4. The van der Waals surface area contributed by atoms with Crippen molar-refractivity contribution in [2.24, 2.45) is 11.0 Å². The lowest BCUT2D eigenvalue weighted by molar-refractivity contribution is 0.598. The van der Waals surface area contributed by atoms with E-state index in [4.69, 9.17) is 17.6 Å². The minimum atomic E-state index is -3.83. The Kier molecular flexibility index (Phi) is 4.62. The molecule has 114 valence electrons. The van der Waals surface area contributed by atoms with Crippen LogP contribution in [0.1, 0.15) is 0 Å². The third-order valence-corrected chi connectivity index (χ3v) is 4.30. The number of hydrogen-bond donors (Lipinski definition) is 3. The number of benzene rings is 1. The molecular formula is C12H12N6O2S2. The molecule has 0 saturated carbocycles. The summed E-state index contributed by atoms with van der Waals surface area (Å²) in [6.07, 6.45) is 1.77. The number of nitrogen functional groups attached to an aromatic ring is 1. The van der Waals surface area contributed by atoms with Gasteiger partial charge in [-0.25, -0.2) is 28.4 Å². The second kappa shape index (κ2) is 6.29. The van der Waals surface area contributed by atoms with Gasteiger partial charge in [-0.05, 0) is 18.4 Å². The van der Waals surface area contributed by atoms with E-state index < -0.39 is 10.0 Å². The minimum Gasteiger partial charge on any atom is -0.317 e. The zero-order valence-corrected chi connectivity index (χ0v) is 13.1. The van der Waals surface area contributed by atoms with Crippen molar-refractivity contribution in [1.29, 1.82) is 0 Å². The third kappa shape index (κ3) is 3.18. The lowest BCUT2D eigenvalue weighted by Gasteiger charge is -2.10. The molecule has 0 atom stereocenters. The summed E-state index contributed by atoms with van der Waals surface area (Å²) < 4.78 is 22.8. The number of hydrazine groups is 1. The van der Waals surface area contributed by atoms with Crippen LogP contribution < -0.4 is 16.4 Å². The molecule has 10 heteroatoms. The maximum atomic E-state index is 11.4. The second-order valence-electron chi connectivity index (χ2n) is 4.08. The summed E-state index contributed by atoms with van der Waals surface area (Å²) in [6.45, 7) is 7.16. The van der Waals surface area contributed by atoms with Crippen molar-refractivity contribution < 1.29 is 8.42 Å². The molecule has 0 aliphatic carbocycles. The van der Waals surface area contributed by atoms with Crippen LogP contribution in [0, 0.1) is 6.57 Å². The van der Waals surface area contributed by atoms with Gasteiger partial charge in [0.2, 0.25) is 10.0 Å². The van der Waals surface area contributed by atoms with Gasteiger partial charge in [0.15, 0.2) is 11.6 Å². The van der Waals surface area contributed by atoms with Gasteiger partial charge in [0.25, 0.3) is 5.69 Å². The first-order valence-electron chi connectivity index (χ1n) is 5.84. The van der Waals surface area contributed by atoms with Gasteiger partial charge in [-0.15, -0.1) is 11.8 Å². The average molecular weight is 336 g/mol. The van der Waals surface area contributed by atoms with Crippen molar-refractivity contribution in [2.75, 3.05) is 11.7 Å². The molecule has 22 heavy (non-hydrogen) atoms. The number of sulfonamides is 1. The van der Waals surface area contributed by atoms with E-state index in [1.807, 2.05) is 0 Å². The molecule has 0 fully saturated rings. The molecule has 0 spiro atoms. The van der Waals surface area contributed by atoms with Gasteiger partial charge < -0.3 is 5.43 Å². The van der Waals surface area contributed by atoms with Gasteiger partial charge >= 0.3 is 0 Å². The molecule has 2 aromatic rings. The molecule has 0 saturated heterocycles. The van der Waals surface area contributed by atoms with Crippen LogP contribution in [0.2, 0.25) is 0 Å². The normalized spacial score (nSPS) is 11.0. The molecule has 2 rings (SSSR count). The molecular weight excluding hydrogens is 324 g/mol. The molecule has 0 aliphatic heterocycles. The molecule has 1 heterocycles. The van der Waals surface area contributed by atoms with E-state index >= 15 is 0 Å². The Morgan fingerprint density at radius 1 is 1.36 bits per heavy atom. The van der Waals surface area contributed by atoms with Gasteiger partial charge in [0, 0.05) is 5.56 Å². The molecule has 5 N–H and O–H groups in total. The quantitative estimate of drug-likeness (QED) is 0.253. The summed E-state index contributed by atoms with van der Waals surface area (Å²) >= 11 is 1.26. The highest BCUT2D eigenvalue weighted by Crippen LogP contribution is 2.34. The number of aromatic nitrogens is 2. The summed E-state index contributed by atoms with van der Waals surface area (Å²) in [6, 6.07) is 5.93. The first kappa shape index (κ1) is 16.2. The van der Waals surface area contributed by atoms with Crippen molar-refractivity contribution in [3.63, 3.8) is 0 Å². The van der Waals surface area contributed by atoms with E-state index in [2.05, 4.69) is 20.2 Å². The Morgan fingerprint density at radius 3 is 2.64 bits per heavy atom. The number of hydrogen-bond acceptors (Lipinski definition) is 7. The molecule has 8 nitrogen and oxygen atoms in total. The third-order valence-electron chi connectivity index (χ3n) is 2.71. The number of nitrogens with one attached hydrogen (secondary N) is 1. The fourth-order valence-corrected chi connectivity index (χ4v) is 2.79. The second-order valence-corrected chi connectivity index (χ2v) is 6.44. The van der Waals surface area contributed by atoms with Crippen LogP contribution in [-0.4, -0.2) is 24.6 Å². The number of anilines is 1. The molecule has 1 aromatic heterocycles. The summed E-state index contributed by atoms with van der Waals surface area (Å²) in [5.41, 5.74) is 3.02. The van der Waals surface area contributed by atoms with Crippen LogP contribution in [0.4, 0.5) is 11.5 Å². The van der Waals surface area contributed by atoms with Crippen LogP contribution in [-0.2, 0) is 10.0 Å². The maximum Gasteiger partial charge on any atom is 0.260 e. The van der Waals surface area contributed by atoms with Gasteiger partial charge in [-0.3, -0.25) is 5.84 Å². The average Bonchev–Trinajstić information content (AvgIpc) is 2.52. The van der Waals surface area contributed by atoms with Crippen LogP contribution in [0.15, 0.2) is 34.2 Å². The Balaban J connectivity index is 2.66. The largest absolute Gasteiger partial charge is 0.317 e. The SMILES string of the molecule is [C-]#[N+]c1c(NN)nc(-c2cccc(S(N)(=O)=O)c2)nc1SC. The minimum absolute atomic E-state index is 0.0455. The Hall–Kier alpha value is -2.19. The molecule has 0 radical (unpaired) electrons. The molecule has 0 bridgehead atoms. The molecule has 1 aromatic carbocycles. The van der Waals surface area contributed by atoms with Gasteiger partial charge in [-0.2, -0.15) is 0 Å². The summed E-state index contributed by atoms with van der Waals surface area (Å²) in [5.74, 6) is 5.80. The standard InChI is InChI=1S/C12H12N6O2S2/c1-15-9-11(18-13)16-10(17-12(9)21-2)7-4-3-5-8(6-7)22(14,19)20/h3-6H,13H2,2H3,(H2,14,19,20)(H,16,17,18). The fourth-order valence-electron chi connectivity index (χ4n) is 1.72. The van der Waals surface area contributed by atoms with E-state index in [1.54, 1.807) is 12.3 Å². The smallest absolute Gasteiger partial charge is 0.260 e. The van der Waals surface area contributed by atoms with E-state index in [1.165, 1.54) is 30.0 Å². The van der Waals surface area contributed by atoms with Crippen molar-refractivity contribution in [3.05, 3.63) is 35.7 Å². The monoisotopic (exact) mass is 336 g/mol. The van der Waals surface area contributed by atoms with Crippen molar-refractivity contribution in [1.82, 2.24) is 9.97 Å². The number of nitrogens with zero attached hydrogens (tertiary/aromatic N) is 3. The molecule has 0 unspecified atom stereocenters. The van der Waals surface area contributed by atoms with Crippen LogP contribution in [0.25, 0.3) is 16.2 Å². The van der Waals surface area contributed by atoms with Crippen LogP contribution in [0.5, 0.6) is 0 Å². The first-order valence-corrected chi connectivity index (χ1v) is 8.61. The zero-order chi connectivity index (χ0) is 16.3. The predicted molar refractivity (Wildman–Crippen MR) is 84.7 cm³/mol. The topological polar surface area (TPSA) is 128 Å². The van der Waals surface area contributed by atoms with Gasteiger partial charge in [0.1, 0.15) is 5.03 Å². The van der Waals surface area contributed by atoms with Crippen molar-refractivity contribution >= 4 is 33.3 Å². The fraction of sp³-hybridized carbons (Fsp3) is 0.0833. The van der Waals surface area contributed by atoms with Crippen LogP contribution >= 0.6 is 11.8 Å². The molecule has 0 aliphatic rings. The number of primary sulfonamides is 1. The Morgan fingerprint density at radius 2 is 2.09 bits per heavy atom. The predicted octanol–water partition coefficient (Wildman–Crippen LogP) is 1.35. The van der Waals surface area contributed by atoms with Crippen LogP contribution in [0.3, 0.4) is 0 Å². The highest BCUT2D eigenvalue weighted by atomic mass is 32.2. The summed E-state index contributed by atoms with van der Waals surface area (Å²) in [7, 11) is -3.83. The van der Waals surface area contributed by atoms with Crippen molar-refractivity contribution in [3.8, 4) is 11.4 Å². The Labute approximate surface area is 131 Å². The van der Waals surface area contributed by atoms with E-state index in [0.717, 1.165) is 0 Å². The number of rotatable bonds is 4. The first-order chi connectivity index (χ1) is 10.4. The summed E-state index contributed by atoms with van der Waals surface area (Å²) in [5, 5.41) is 5.56. The zero-order valence-electron chi connectivity index (χ0n) is 11.4. The lowest BCUT2D eigenvalue weighted by atomic mass is 10.2. The highest BCUT2D eigenvalue weighted by Gasteiger charge is 2.16. The highest BCUT2D eigenvalue weighted by molar-refractivity contribution is 7.98. The lowest BCUT2D eigenvalue weighted by Crippen LogP contribution is -2.12. The van der Waals surface area contributed by atoms with Gasteiger partial charge in [0.05, 0.1) is 11.5 Å². The van der Waals surface area contributed by atoms with E-state index in [-0.39, 0.29) is 22.2 Å². The van der Waals surface area contributed by atoms with E-state index in [9.17, 15) is 8.42 Å². The number of nitrogens with two attached hydrogens (primary N) is 2. The molecule has 0 amide bonds. The van der Waals surface area contributed by atoms with E-state index in [0.29, 0.717) is 10.6 Å². The van der Waals surface area contributed by atoms with Crippen molar-refractivity contribution in [2.45, 2.75) is 9.92 Å². The number of thioether (sulfide) groups is 1. The Bertz CT molecular complexity index is 835. The van der Waals surface area contributed by atoms with Gasteiger partial charge in [-0.1, -0.05) is 12.1 Å². The summed E-state index contributed by atoms with van der Waals surface area (Å²) in [4.78, 5) is 11.7.